The summed E-state index contributed by atoms with van der Waals surface area (Å²) < 4.78 is 0.929. The number of carbonyl (C=O) groups is 1. The molecular formula is C12H11ClO2S2. The van der Waals surface area contributed by atoms with Gasteiger partial charge >= 0.3 is 5.97 Å². The van der Waals surface area contributed by atoms with Crippen molar-refractivity contribution in [2.45, 2.75) is 24.0 Å². The molecule has 0 unspecified atom stereocenters. The fraction of sp³-hybridized carbons (Fsp3) is 0.250. The van der Waals surface area contributed by atoms with Crippen molar-refractivity contribution in [3.8, 4) is 0 Å². The fourth-order valence-electron chi connectivity index (χ4n) is 1.57. The first kappa shape index (κ1) is 12.7. The van der Waals surface area contributed by atoms with Gasteiger partial charge in [0.2, 0.25) is 0 Å². The highest BCUT2D eigenvalue weighted by molar-refractivity contribution is 8.00. The lowest BCUT2D eigenvalue weighted by atomic mass is 10.2. The summed E-state index contributed by atoms with van der Waals surface area (Å²) in [4.78, 5) is 12.4. The average Bonchev–Trinajstić information content (AvgIpc) is 2.57. The summed E-state index contributed by atoms with van der Waals surface area (Å²) in [6.07, 6.45) is 0. The molecule has 0 radical (unpaired) electrons. The molecular weight excluding hydrogens is 276 g/mol. The summed E-state index contributed by atoms with van der Waals surface area (Å²) in [7, 11) is 0. The highest BCUT2D eigenvalue weighted by atomic mass is 35.5. The predicted molar refractivity (Wildman–Crippen MR) is 74.8 cm³/mol. The van der Waals surface area contributed by atoms with Gasteiger partial charge in [0.15, 0.2) is 0 Å². The highest BCUT2D eigenvalue weighted by Gasteiger charge is 2.20. The number of carboxylic acid groups (broad SMARTS) is 1. The van der Waals surface area contributed by atoms with Crippen LogP contribution in [0.25, 0.3) is 10.1 Å². The van der Waals surface area contributed by atoms with Crippen molar-refractivity contribution < 1.29 is 9.90 Å². The van der Waals surface area contributed by atoms with Gasteiger partial charge in [-0.3, -0.25) is 0 Å². The highest BCUT2D eigenvalue weighted by Crippen LogP contribution is 2.42. The van der Waals surface area contributed by atoms with E-state index >= 15 is 0 Å². The van der Waals surface area contributed by atoms with E-state index in [0.717, 1.165) is 15.0 Å². The zero-order valence-electron chi connectivity index (χ0n) is 9.36. The molecule has 2 nitrogen and oxygen atoms in total. The van der Waals surface area contributed by atoms with Crippen LogP contribution in [0.1, 0.15) is 23.5 Å². The van der Waals surface area contributed by atoms with Crippen LogP contribution in [-0.4, -0.2) is 16.3 Å². The first-order valence-electron chi connectivity index (χ1n) is 5.11. The zero-order valence-corrected chi connectivity index (χ0v) is 11.7. The molecule has 0 saturated carbocycles. The Labute approximate surface area is 113 Å². The molecule has 0 atom stereocenters. The van der Waals surface area contributed by atoms with E-state index in [9.17, 15) is 9.90 Å². The number of aromatic carboxylic acids is 1. The molecule has 2 rings (SSSR count). The molecule has 0 spiro atoms. The predicted octanol–water partition coefficient (Wildman–Crippen LogP) is 4.75. The second kappa shape index (κ2) is 4.88. The molecule has 1 aromatic heterocycles. The first-order valence-corrected chi connectivity index (χ1v) is 7.19. The molecule has 0 saturated heterocycles. The number of benzene rings is 1. The third kappa shape index (κ3) is 2.44. The molecule has 1 N–H and O–H groups in total. The summed E-state index contributed by atoms with van der Waals surface area (Å²) >= 11 is 9.00. The van der Waals surface area contributed by atoms with Crippen molar-refractivity contribution in [1.82, 2.24) is 0 Å². The average molecular weight is 287 g/mol. The largest absolute Gasteiger partial charge is 0.477 e. The molecule has 0 aliphatic carbocycles. The van der Waals surface area contributed by atoms with Crippen LogP contribution in [0.4, 0.5) is 0 Å². The molecule has 0 fully saturated rings. The van der Waals surface area contributed by atoms with Gasteiger partial charge in [0, 0.05) is 20.2 Å². The Hall–Kier alpha value is -0.710. The van der Waals surface area contributed by atoms with Crippen LogP contribution >= 0.6 is 34.7 Å². The quantitative estimate of drug-likeness (QED) is 0.827. The van der Waals surface area contributed by atoms with E-state index in [1.807, 2.05) is 26.0 Å². The summed E-state index contributed by atoms with van der Waals surface area (Å²) in [6.45, 7) is 4.08. The molecule has 0 bridgehead atoms. The van der Waals surface area contributed by atoms with Crippen molar-refractivity contribution in [2.75, 3.05) is 0 Å². The fourth-order valence-corrected chi connectivity index (χ4v) is 4.25. The van der Waals surface area contributed by atoms with Gasteiger partial charge < -0.3 is 5.11 Å². The number of hydrogen-bond donors (Lipinski definition) is 1. The van der Waals surface area contributed by atoms with E-state index in [0.29, 0.717) is 15.1 Å². The van der Waals surface area contributed by atoms with Gasteiger partial charge in [-0.05, 0) is 12.1 Å². The number of thiophene rings is 1. The van der Waals surface area contributed by atoms with Crippen LogP contribution in [0.5, 0.6) is 0 Å². The van der Waals surface area contributed by atoms with Gasteiger partial charge in [-0.25, -0.2) is 4.79 Å². The Morgan fingerprint density at radius 3 is 2.76 bits per heavy atom. The number of thioether (sulfide) groups is 1. The van der Waals surface area contributed by atoms with Crippen LogP contribution in [-0.2, 0) is 0 Å². The van der Waals surface area contributed by atoms with Crippen molar-refractivity contribution in [1.29, 1.82) is 0 Å². The minimum atomic E-state index is -0.884. The maximum absolute atomic E-state index is 11.2. The van der Waals surface area contributed by atoms with E-state index < -0.39 is 5.97 Å². The Morgan fingerprint density at radius 2 is 2.18 bits per heavy atom. The SMILES string of the molecule is CC(C)Sc1c(C(=O)O)sc2cccc(Cl)c12. The summed E-state index contributed by atoms with van der Waals surface area (Å²) in [5, 5.41) is 11.0. The number of hydrogen-bond acceptors (Lipinski definition) is 3. The zero-order chi connectivity index (χ0) is 12.6. The lowest BCUT2D eigenvalue weighted by Gasteiger charge is -2.05. The molecule has 17 heavy (non-hydrogen) atoms. The van der Waals surface area contributed by atoms with Crippen molar-refractivity contribution in [2.24, 2.45) is 0 Å². The minimum Gasteiger partial charge on any atom is -0.477 e. The monoisotopic (exact) mass is 286 g/mol. The Kier molecular flexibility index (Phi) is 3.66. The topological polar surface area (TPSA) is 37.3 Å². The lowest BCUT2D eigenvalue weighted by Crippen LogP contribution is -1.96. The summed E-state index contributed by atoms with van der Waals surface area (Å²) in [6, 6.07) is 5.55. The van der Waals surface area contributed by atoms with Gasteiger partial charge in [0.25, 0.3) is 0 Å². The standard InChI is InChI=1S/C12H11ClO2S2/c1-6(2)16-10-9-7(13)4-3-5-8(9)17-11(10)12(14)15/h3-6H,1-2H3,(H,14,15). The molecule has 0 amide bonds. The van der Waals surface area contributed by atoms with E-state index in [-0.39, 0.29) is 0 Å². The Morgan fingerprint density at radius 1 is 1.47 bits per heavy atom. The number of carboxylic acids is 1. The van der Waals surface area contributed by atoms with E-state index in [2.05, 4.69) is 0 Å². The van der Waals surface area contributed by atoms with Crippen molar-refractivity contribution in [3.63, 3.8) is 0 Å². The third-order valence-electron chi connectivity index (χ3n) is 2.17. The minimum absolute atomic E-state index is 0.321. The molecule has 0 aliphatic rings. The first-order chi connectivity index (χ1) is 8.00. The summed E-state index contributed by atoms with van der Waals surface area (Å²) in [5.41, 5.74) is 0. The smallest absolute Gasteiger partial charge is 0.347 e. The van der Waals surface area contributed by atoms with Crippen LogP contribution in [0.3, 0.4) is 0 Å². The number of rotatable bonds is 3. The normalized spacial score (nSPS) is 11.3. The van der Waals surface area contributed by atoms with E-state index in [1.165, 1.54) is 11.3 Å². The second-order valence-electron chi connectivity index (χ2n) is 3.85. The van der Waals surface area contributed by atoms with Crippen molar-refractivity contribution >= 4 is 50.8 Å². The molecule has 5 heteroatoms. The Bertz CT molecular complexity index is 575. The van der Waals surface area contributed by atoms with E-state index in [1.54, 1.807) is 17.8 Å². The molecule has 1 aromatic carbocycles. The van der Waals surface area contributed by atoms with Crippen LogP contribution < -0.4 is 0 Å². The maximum atomic E-state index is 11.2. The second-order valence-corrected chi connectivity index (χ2v) is 6.89. The lowest BCUT2D eigenvalue weighted by molar-refractivity contribution is 0.0699. The van der Waals surface area contributed by atoms with Gasteiger partial charge in [0.05, 0.1) is 5.02 Å². The molecule has 2 aromatic rings. The van der Waals surface area contributed by atoms with E-state index in [4.69, 9.17) is 11.6 Å². The van der Waals surface area contributed by atoms with Crippen LogP contribution in [0, 0.1) is 0 Å². The molecule has 90 valence electrons. The van der Waals surface area contributed by atoms with Crippen LogP contribution in [0.15, 0.2) is 23.1 Å². The van der Waals surface area contributed by atoms with Gasteiger partial charge in [-0.15, -0.1) is 23.1 Å². The van der Waals surface area contributed by atoms with Gasteiger partial charge in [-0.2, -0.15) is 0 Å². The number of fused-ring (bicyclic) bond motifs is 1. The number of halogens is 1. The maximum Gasteiger partial charge on any atom is 0.347 e. The van der Waals surface area contributed by atoms with Gasteiger partial charge in [-0.1, -0.05) is 31.5 Å². The molecule has 1 heterocycles. The van der Waals surface area contributed by atoms with Gasteiger partial charge in [0.1, 0.15) is 4.88 Å². The summed E-state index contributed by atoms with van der Waals surface area (Å²) in [5.74, 6) is -0.884. The Balaban J connectivity index is 2.73. The van der Waals surface area contributed by atoms with Crippen molar-refractivity contribution in [3.05, 3.63) is 28.1 Å². The molecule has 0 aliphatic heterocycles. The van der Waals surface area contributed by atoms with Crippen LogP contribution in [0.2, 0.25) is 5.02 Å². The third-order valence-corrected chi connectivity index (χ3v) is 4.87.